The zero-order valence-electron chi connectivity index (χ0n) is 10.5. The van der Waals surface area contributed by atoms with Crippen molar-refractivity contribution in [3.05, 3.63) is 0 Å². The van der Waals surface area contributed by atoms with Crippen molar-refractivity contribution in [2.24, 2.45) is 5.92 Å². The van der Waals surface area contributed by atoms with Gasteiger partial charge in [0.15, 0.2) is 9.84 Å². The van der Waals surface area contributed by atoms with Crippen LogP contribution < -0.4 is 10.6 Å². The Morgan fingerprint density at radius 1 is 1.41 bits per heavy atom. The lowest BCUT2D eigenvalue weighted by atomic mass is 10.2. The van der Waals surface area contributed by atoms with Crippen molar-refractivity contribution in [1.82, 2.24) is 10.6 Å². The summed E-state index contributed by atoms with van der Waals surface area (Å²) >= 11 is 0. The molecule has 0 aromatic rings. The minimum atomic E-state index is -2.90. The molecule has 0 bridgehead atoms. The molecule has 1 heterocycles. The summed E-state index contributed by atoms with van der Waals surface area (Å²) in [6, 6.07) is 0. The van der Waals surface area contributed by atoms with Gasteiger partial charge < -0.3 is 10.6 Å². The van der Waals surface area contributed by atoms with Gasteiger partial charge in [0.2, 0.25) is 5.91 Å². The fourth-order valence-electron chi connectivity index (χ4n) is 1.81. The van der Waals surface area contributed by atoms with E-state index in [1.54, 1.807) is 0 Å². The summed E-state index contributed by atoms with van der Waals surface area (Å²) in [5, 5.41) is 5.39. The van der Waals surface area contributed by atoms with Crippen molar-refractivity contribution in [1.29, 1.82) is 0 Å². The summed E-state index contributed by atoms with van der Waals surface area (Å²) in [5.41, 5.74) is 0. The maximum Gasteiger partial charge on any atom is 0.233 e. The van der Waals surface area contributed by atoms with E-state index in [1.807, 2.05) is 13.8 Å². The smallest absolute Gasteiger partial charge is 0.233 e. The number of hydrogen-bond donors (Lipinski definition) is 2. The van der Waals surface area contributed by atoms with Crippen molar-refractivity contribution in [3.63, 3.8) is 0 Å². The van der Waals surface area contributed by atoms with E-state index in [2.05, 4.69) is 10.6 Å². The van der Waals surface area contributed by atoms with Crippen LogP contribution in [0.1, 0.15) is 26.7 Å². The Kier molecular flexibility index (Phi) is 5.39. The Morgan fingerprint density at radius 2 is 2.12 bits per heavy atom. The highest BCUT2D eigenvalue weighted by Crippen LogP contribution is 2.18. The zero-order chi connectivity index (χ0) is 12.9. The van der Waals surface area contributed by atoms with Gasteiger partial charge in [0.05, 0.1) is 17.5 Å². The largest absolute Gasteiger partial charge is 0.355 e. The summed E-state index contributed by atoms with van der Waals surface area (Å²) in [7, 11) is -2.90. The highest BCUT2D eigenvalue weighted by atomic mass is 32.2. The second kappa shape index (κ2) is 6.35. The van der Waals surface area contributed by atoms with Gasteiger partial charge >= 0.3 is 0 Å². The number of rotatable bonds is 6. The fraction of sp³-hybridized carbons (Fsp3) is 0.909. The number of hydrogen-bond acceptors (Lipinski definition) is 4. The number of amides is 1. The molecular weight excluding hydrogens is 240 g/mol. The third-order valence-electron chi connectivity index (χ3n) is 2.83. The van der Waals surface area contributed by atoms with Crippen LogP contribution in [-0.2, 0) is 14.6 Å². The van der Waals surface area contributed by atoms with Gasteiger partial charge in [-0.05, 0) is 18.8 Å². The Hall–Kier alpha value is -0.620. The molecule has 1 rings (SSSR count). The molecule has 1 aliphatic rings. The average molecular weight is 262 g/mol. The molecule has 1 unspecified atom stereocenters. The van der Waals surface area contributed by atoms with Gasteiger partial charge in [-0.15, -0.1) is 0 Å². The second-order valence-electron chi connectivity index (χ2n) is 4.96. The van der Waals surface area contributed by atoms with Gasteiger partial charge in [-0.2, -0.15) is 0 Å². The van der Waals surface area contributed by atoms with Crippen LogP contribution in [0.5, 0.6) is 0 Å². The normalized spacial score (nSPS) is 22.9. The molecule has 17 heavy (non-hydrogen) atoms. The Morgan fingerprint density at radius 3 is 2.65 bits per heavy atom. The van der Waals surface area contributed by atoms with Crippen molar-refractivity contribution in [2.75, 3.05) is 25.4 Å². The summed E-state index contributed by atoms with van der Waals surface area (Å²) in [6.07, 6.45) is 1.46. The van der Waals surface area contributed by atoms with Crippen molar-refractivity contribution in [2.45, 2.75) is 31.9 Å². The standard InChI is InChI=1S/C11H22N2O3S/c1-9(2)6-13-11(14)8-12-7-10-4-3-5-17(10,15)16/h9-10,12H,3-8H2,1-2H3,(H,13,14). The van der Waals surface area contributed by atoms with Gasteiger partial charge in [-0.25, -0.2) is 8.42 Å². The molecule has 1 atom stereocenters. The van der Waals surface area contributed by atoms with Crippen molar-refractivity contribution < 1.29 is 13.2 Å². The molecule has 0 radical (unpaired) electrons. The van der Waals surface area contributed by atoms with Crippen LogP contribution in [0.4, 0.5) is 0 Å². The highest BCUT2D eigenvalue weighted by molar-refractivity contribution is 7.92. The number of sulfone groups is 1. The van der Waals surface area contributed by atoms with Crippen LogP contribution in [0, 0.1) is 5.92 Å². The average Bonchev–Trinajstić information content (AvgIpc) is 2.55. The zero-order valence-corrected chi connectivity index (χ0v) is 11.3. The van der Waals surface area contributed by atoms with E-state index >= 15 is 0 Å². The minimum Gasteiger partial charge on any atom is -0.355 e. The molecule has 5 nitrogen and oxygen atoms in total. The molecule has 1 saturated heterocycles. The lowest BCUT2D eigenvalue weighted by Gasteiger charge is -2.11. The maximum atomic E-state index is 11.5. The van der Waals surface area contributed by atoms with E-state index in [-0.39, 0.29) is 17.7 Å². The van der Waals surface area contributed by atoms with Crippen LogP contribution in [-0.4, -0.2) is 45.0 Å². The van der Waals surface area contributed by atoms with Crippen LogP contribution in [0.15, 0.2) is 0 Å². The predicted octanol–water partition coefficient (Wildman–Crippen LogP) is -0.0746. The molecule has 0 saturated carbocycles. The fourth-order valence-corrected chi connectivity index (χ4v) is 3.61. The topological polar surface area (TPSA) is 75.3 Å². The predicted molar refractivity (Wildman–Crippen MR) is 67.5 cm³/mol. The molecule has 1 amide bonds. The van der Waals surface area contributed by atoms with Gasteiger partial charge in [-0.3, -0.25) is 4.79 Å². The van der Waals surface area contributed by atoms with Crippen LogP contribution in [0.25, 0.3) is 0 Å². The van der Waals surface area contributed by atoms with Gasteiger partial charge in [0.1, 0.15) is 0 Å². The number of nitrogens with one attached hydrogen (secondary N) is 2. The first-order valence-electron chi connectivity index (χ1n) is 6.11. The molecule has 2 N–H and O–H groups in total. The van der Waals surface area contributed by atoms with E-state index in [4.69, 9.17) is 0 Å². The molecule has 1 aliphatic heterocycles. The molecule has 0 aliphatic carbocycles. The molecule has 100 valence electrons. The Bertz CT molecular complexity index is 352. The summed E-state index contributed by atoms with van der Waals surface area (Å²) in [5.74, 6) is 0.641. The SMILES string of the molecule is CC(C)CNC(=O)CNCC1CCCS1(=O)=O. The van der Waals surface area contributed by atoms with E-state index < -0.39 is 9.84 Å². The van der Waals surface area contributed by atoms with Gasteiger partial charge in [0.25, 0.3) is 0 Å². The summed E-state index contributed by atoms with van der Waals surface area (Å²) in [6.45, 7) is 5.29. The van der Waals surface area contributed by atoms with E-state index in [0.717, 1.165) is 6.42 Å². The number of carbonyl (C=O) groups excluding carboxylic acids is 1. The van der Waals surface area contributed by atoms with E-state index in [1.165, 1.54) is 0 Å². The first kappa shape index (κ1) is 14.4. The van der Waals surface area contributed by atoms with Crippen molar-refractivity contribution in [3.8, 4) is 0 Å². The molecule has 6 heteroatoms. The van der Waals surface area contributed by atoms with Crippen LogP contribution in [0.2, 0.25) is 0 Å². The highest BCUT2D eigenvalue weighted by Gasteiger charge is 2.30. The third-order valence-corrected chi connectivity index (χ3v) is 5.10. The number of carbonyl (C=O) groups is 1. The summed E-state index contributed by atoms with van der Waals surface area (Å²) < 4.78 is 23.0. The Labute approximate surface area is 103 Å². The maximum absolute atomic E-state index is 11.5. The van der Waals surface area contributed by atoms with Gasteiger partial charge in [0, 0.05) is 13.1 Å². The second-order valence-corrected chi connectivity index (χ2v) is 7.36. The minimum absolute atomic E-state index is 0.0749. The lowest BCUT2D eigenvalue weighted by Crippen LogP contribution is -2.39. The summed E-state index contributed by atoms with van der Waals surface area (Å²) in [4.78, 5) is 11.4. The molecule has 0 aromatic carbocycles. The molecule has 0 spiro atoms. The molecular formula is C11H22N2O3S. The molecule has 0 aromatic heterocycles. The van der Waals surface area contributed by atoms with Gasteiger partial charge in [-0.1, -0.05) is 13.8 Å². The lowest BCUT2D eigenvalue weighted by molar-refractivity contribution is -0.120. The van der Waals surface area contributed by atoms with Crippen LogP contribution >= 0.6 is 0 Å². The molecule has 1 fully saturated rings. The monoisotopic (exact) mass is 262 g/mol. The van der Waals surface area contributed by atoms with Crippen molar-refractivity contribution >= 4 is 15.7 Å². The van der Waals surface area contributed by atoms with E-state index in [9.17, 15) is 13.2 Å². The van der Waals surface area contributed by atoms with E-state index in [0.29, 0.717) is 31.2 Å². The first-order valence-corrected chi connectivity index (χ1v) is 7.82. The van der Waals surface area contributed by atoms with Crippen LogP contribution in [0.3, 0.4) is 0 Å². The quantitative estimate of drug-likeness (QED) is 0.702. The third kappa shape index (κ3) is 5.04. The Balaban J connectivity index is 2.17. The first-order chi connectivity index (χ1) is 7.92.